The number of esters is 1. The minimum Gasteiger partial charge on any atom is -0.449 e. The van der Waals surface area contributed by atoms with Gasteiger partial charge in [0.25, 0.3) is 5.91 Å². The Morgan fingerprint density at radius 1 is 1.20 bits per heavy atom. The van der Waals surface area contributed by atoms with Crippen LogP contribution < -0.4 is 10.0 Å². The molecule has 0 fully saturated rings. The van der Waals surface area contributed by atoms with E-state index in [4.69, 9.17) is 4.74 Å². The predicted octanol–water partition coefficient (Wildman–Crippen LogP) is 1.47. The molecule has 0 radical (unpaired) electrons. The fourth-order valence-corrected chi connectivity index (χ4v) is 2.75. The summed E-state index contributed by atoms with van der Waals surface area (Å²) in [5.74, 6) is -0.791. The molecule has 0 aliphatic carbocycles. The van der Waals surface area contributed by atoms with Crippen LogP contribution in [0.5, 0.6) is 0 Å². The molecule has 0 unspecified atom stereocenters. The van der Waals surface area contributed by atoms with Crippen molar-refractivity contribution in [2.75, 3.05) is 13.1 Å². The van der Waals surface area contributed by atoms with Gasteiger partial charge in [0.2, 0.25) is 10.0 Å². The fraction of sp³-hybridized carbons (Fsp3) is 0.412. The van der Waals surface area contributed by atoms with Crippen LogP contribution >= 0.6 is 0 Å². The Hall–Kier alpha value is -2.19. The van der Waals surface area contributed by atoms with Gasteiger partial charge in [-0.3, -0.25) is 4.79 Å². The van der Waals surface area contributed by atoms with E-state index in [0.29, 0.717) is 6.54 Å². The van der Waals surface area contributed by atoms with Gasteiger partial charge in [-0.2, -0.15) is 0 Å². The lowest BCUT2D eigenvalue weighted by molar-refractivity contribution is -0.129. The van der Waals surface area contributed by atoms with E-state index in [-0.39, 0.29) is 28.8 Å². The lowest BCUT2D eigenvalue weighted by Crippen LogP contribution is -2.37. The average Bonchev–Trinajstić information content (AvgIpc) is 2.57. The van der Waals surface area contributed by atoms with Gasteiger partial charge in [-0.1, -0.05) is 19.9 Å². The van der Waals surface area contributed by atoms with E-state index in [1.54, 1.807) is 0 Å². The summed E-state index contributed by atoms with van der Waals surface area (Å²) in [4.78, 5) is 23.9. The summed E-state index contributed by atoms with van der Waals surface area (Å²) in [7, 11) is -3.65. The van der Waals surface area contributed by atoms with Crippen molar-refractivity contribution in [1.82, 2.24) is 10.0 Å². The summed E-state index contributed by atoms with van der Waals surface area (Å²) in [5.41, 5.74) is 0.159. The number of carbonyl (C=O) groups is 2. The third-order valence-electron chi connectivity index (χ3n) is 3.16. The maximum atomic E-state index is 12.1. The molecule has 0 aliphatic rings. The van der Waals surface area contributed by atoms with E-state index in [0.717, 1.165) is 0 Å². The van der Waals surface area contributed by atoms with E-state index in [1.165, 1.54) is 37.3 Å². The first kappa shape index (κ1) is 20.9. The van der Waals surface area contributed by atoms with E-state index in [1.807, 2.05) is 13.8 Å². The minimum atomic E-state index is -3.65. The molecule has 138 valence electrons. The third-order valence-corrected chi connectivity index (χ3v) is 4.60. The lowest BCUT2D eigenvalue weighted by Gasteiger charge is -2.14. The van der Waals surface area contributed by atoms with Crippen molar-refractivity contribution in [3.63, 3.8) is 0 Å². The summed E-state index contributed by atoms with van der Waals surface area (Å²) in [6.07, 6.45) is 0.485. The van der Waals surface area contributed by atoms with Crippen molar-refractivity contribution in [3.8, 4) is 0 Å². The number of rotatable bonds is 9. The second-order valence-corrected chi connectivity index (χ2v) is 7.62. The Balaban J connectivity index is 2.71. The van der Waals surface area contributed by atoms with Crippen molar-refractivity contribution in [3.05, 3.63) is 42.5 Å². The zero-order valence-corrected chi connectivity index (χ0v) is 15.4. The van der Waals surface area contributed by atoms with Crippen LogP contribution in [-0.2, 0) is 19.6 Å². The van der Waals surface area contributed by atoms with Gasteiger partial charge in [-0.25, -0.2) is 17.9 Å². The van der Waals surface area contributed by atoms with Gasteiger partial charge in [0.05, 0.1) is 10.5 Å². The van der Waals surface area contributed by atoms with Crippen LogP contribution in [-0.4, -0.2) is 39.5 Å². The molecule has 1 aromatic rings. The topological polar surface area (TPSA) is 102 Å². The maximum Gasteiger partial charge on any atom is 0.338 e. The summed E-state index contributed by atoms with van der Waals surface area (Å²) >= 11 is 0. The number of ether oxygens (including phenoxy) is 1. The molecule has 0 spiro atoms. The van der Waals surface area contributed by atoms with Crippen LogP contribution in [0, 0.1) is 5.92 Å². The molecule has 0 saturated carbocycles. The van der Waals surface area contributed by atoms with Crippen molar-refractivity contribution in [1.29, 1.82) is 0 Å². The van der Waals surface area contributed by atoms with Gasteiger partial charge >= 0.3 is 5.97 Å². The molecule has 0 saturated heterocycles. The monoisotopic (exact) mass is 368 g/mol. The van der Waals surface area contributed by atoms with E-state index in [9.17, 15) is 18.0 Å². The molecule has 1 rings (SSSR count). The molecule has 0 heterocycles. The molecule has 0 aromatic heterocycles. The second-order valence-electron chi connectivity index (χ2n) is 5.85. The van der Waals surface area contributed by atoms with Gasteiger partial charge in [-0.15, -0.1) is 6.58 Å². The van der Waals surface area contributed by atoms with Crippen molar-refractivity contribution < 1.29 is 22.7 Å². The number of amides is 1. The highest BCUT2D eigenvalue weighted by Crippen LogP contribution is 2.12. The third kappa shape index (κ3) is 6.67. The zero-order valence-electron chi connectivity index (χ0n) is 14.6. The van der Waals surface area contributed by atoms with Crippen molar-refractivity contribution in [2.24, 2.45) is 5.92 Å². The Morgan fingerprint density at radius 2 is 1.80 bits per heavy atom. The first-order valence-electron chi connectivity index (χ1n) is 7.86. The lowest BCUT2D eigenvalue weighted by atomic mass is 10.2. The van der Waals surface area contributed by atoms with Crippen LogP contribution in [0.25, 0.3) is 0 Å². The molecular weight excluding hydrogens is 344 g/mol. The quantitative estimate of drug-likeness (QED) is 0.508. The summed E-state index contributed by atoms with van der Waals surface area (Å²) < 4.78 is 31.3. The molecule has 0 aliphatic heterocycles. The van der Waals surface area contributed by atoms with Crippen LogP contribution in [0.1, 0.15) is 31.1 Å². The molecule has 1 aromatic carbocycles. The highest BCUT2D eigenvalue weighted by atomic mass is 32.2. The summed E-state index contributed by atoms with van der Waals surface area (Å²) in [5, 5.41) is 2.68. The van der Waals surface area contributed by atoms with E-state index in [2.05, 4.69) is 16.6 Å². The molecule has 25 heavy (non-hydrogen) atoms. The van der Waals surface area contributed by atoms with Gasteiger partial charge in [-0.05, 0) is 37.1 Å². The van der Waals surface area contributed by atoms with Crippen LogP contribution in [0.15, 0.2) is 41.8 Å². The number of hydrogen-bond donors (Lipinski definition) is 2. The minimum absolute atomic E-state index is 0.0219. The first-order chi connectivity index (χ1) is 11.7. The Morgan fingerprint density at radius 3 is 2.32 bits per heavy atom. The first-order valence-corrected chi connectivity index (χ1v) is 9.35. The predicted molar refractivity (Wildman–Crippen MR) is 94.6 cm³/mol. The average molecular weight is 368 g/mol. The maximum absolute atomic E-state index is 12.1. The smallest absolute Gasteiger partial charge is 0.338 e. The molecule has 0 bridgehead atoms. The standard InChI is InChI=1S/C17H24N2O5S/c1-5-10-19-25(22,23)15-8-6-14(7-9-15)17(21)24-13(4)16(20)18-11-12(2)3/h5-9,12-13,19H,1,10-11H2,2-4H3,(H,18,20)/t13-/m0/s1. The molecular formula is C17H24N2O5S. The van der Waals surface area contributed by atoms with Crippen molar-refractivity contribution in [2.45, 2.75) is 31.8 Å². The molecule has 1 atom stereocenters. The Bertz CT molecular complexity index is 711. The molecule has 7 nitrogen and oxygen atoms in total. The molecule has 8 heteroatoms. The number of carbonyl (C=O) groups excluding carboxylic acids is 2. The Labute approximate surface area is 148 Å². The van der Waals surface area contributed by atoms with E-state index < -0.39 is 22.1 Å². The SMILES string of the molecule is C=CCNS(=O)(=O)c1ccc(C(=O)O[C@@H](C)C(=O)NCC(C)C)cc1. The molecule has 1 amide bonds. The van der Waals surface area contributed by atoms with Gasteiger partial charge in [0, 0.05) is 13.1 Å². The zero-order chi connectivity index (χ0) is 19.0. The van der Waals surface area contributed by atoms with Crippen molar-refractivity contribution >= 4 is 21.9 Å². The summed E-state index contributed by atoms with van der Waals surface area (Å²) in [6, 6.07) is 5.27. The summed E-state index contributed by atoms with van der Waals surface area (Å²) in [6.45, 7) is 9.42. The van der Waals surface area contributed by atoms with Gasteiger partial charge < -0.3 is 10.1 Å². The number of hydrogen-bond acceptors (Lipinski definition) is 5. The largest absolute Gasteiger partial charge is 0.449 e. The van der Waals surface area contributed by atoms with Crippen LogP contribution in [0.4, 0.5) is 0 Å². The highest BCUT2D eigenvalue weighted by molar-refractivity contribution is 7.89. The second kappa shape index (κ2) is 9.33. The van der Waals surface area contributed by atoms with Gasteiger partial charge in [0.1, 0.15) is 0 Å². The number of benzene rings is 1. The number of sulfonamides is 1. The van der Waals surface area contributed by atoms with Gasteiger partial charge in [0.15, 0.2) is 6.10 Å². The number of nitrogens with one attached hydrogen (secondary N) is 2. The van der Waals surface area contributed by atoms with Crippen LogP contribution in [0.3, 0.4) is 0 Å². The van der Waals surface area contributed by atoms with E-state index >= 15 is 0 Å². The fourth-order valence-electron chi connectivity index (χ4n) is 1.75. The highest BCUT2D eigenvalue weighted by Gasteiger charge is 2.20. The molecule has 2 N–H and O–H groups in total. The Kier molecular flexibility index (Phi) is 7.79. The normalized spacial score (nSPS) is 12.5. The van der Waals surface area contributed by atoms with Crippen LogP contribution in [0.2, 0.25) is 0 Å².